The largest absolute Gasteiger partial charge is 0.405 e. The summed E-state index contributed by atoms with van der Waals surface area (Å²) in [6.07, 6.45) is -1.57. The minimum Gasteiger partial charge on any atom is -0.343 e. The Balaban J connectivity index is 2.19. The number of halogens is 3. The number of anilines is 1. The minimum absolute atomic E-state index is 0.132. The van der Waals surface area contributed by atoms with Crippen LogP contribution < -0.4 is 10.0 Å². The van der Waals surface area contributed by atoms with E-state index in [-0.39, 0.29) is 10.5 Å². The Labute approximate surface area is 168 Å². The fourth-order valence-corrected chi connectivity index (χ4v) is 3.71. The van der Waals surface area contributed by atoms with E-state index >= 15 is 0 Å². The number of nitrogens with one attached hydrogen (secondary N) is 2. The molecule has 0 aliphatic heterocycles. The third-order valence-corrected chi connectivity index (χ3v) is 5.62. The van der Waals surface area contributed by atoms with Crippen molar-refractivity contribution >= 4 is 21.6 Å². The molecule has 0 spiro atoms. The van der Waals surface area contributed by atoms with Gasteiger partial charge in [0, 0.05) is 11.3 Å². The molecule has 0 unspecified atom stereocenters. The van der Waals surface area contributed by atoms with Crippen LogP contribution in [0.2, 0.25) is 0 Å². The van der Waals surface area contributed by atoms with Gasteiger partial charge in [-0.25, -0.2) is 8.42 Å². The lowest BCUT2D eigenvalue weighted by atomic mass is 10.1. The molecule has 158 valence electrons. The van der Waals surface area contributed by atoms with Gasteiger partial charge in [-0.15, -0.1) is 0 Å². The summed E-state index contributed by atoms with van der Waals surface area (Å²) >= 11 is 0. The van der Waals surface area contributed by atoms with Crippen molar-refractivity contribution in [2.45, 2.75) is 44.2 Å². The molecule has 0 bridgehead atoms. The van der Waals surface area contributed by atoms with E-state index in [0.717, 1.165) is 30.9 Å². The van der Waals surface area contributed by atoms with E-state index in [4.69, 9.17) is 0 Å². The topological polar surface area (TPSA) is 75.3 Å². The number of carbonyl (C=O) groups excluding carboxylic acids is 1. The zero-order chi connectivity index (χ0) is 21.7. The van der Waals surface area contributed by atoms with E-state index in [1.165, 1.54) is 19.1 Å². The molecule has 0 aliphatic carbocycles. The third kappa shape index (κ3) is 6.77. The predicted octanol–water partition coefficient (Wildman–Crippen LogP) is 4.43. The number of amides is 1. The van der Waals surface area contributed by atoms with Crippen LogP contribution in [0.25, 0.3) is 0 Å². The molecule has 0 atom stereocenters. The first-order valence-corrected chi connectivity index (χ1v) is 10.6. The summed E-state index contributed by atoms with van der Waals surface area (Å²) < 4.78 is 64.7. The molecular weight excluding hydrogens is 405 g/mol. The average Bonchev–Trinajstić information content (AvgIpc) is 2.65. The van der Waals surface area contributed by atoms with Crippen LogP contribution in [-0.4, -0.2) is 27.0 Å². The smallest absolute Gasteiger partial charge is 0.343 e. The molecule has 5 nitrogen and oxygen atoms in total. The first-order valence-electron chi connectivity index (χ1n) is 9.09. The second-order valence-electron chi connectivity index (χ2n) is 6.68. The van der Waals surface area contributed by atoms with E-state index in [0.29, 0.717) is 11.3 Å². The standard InChI is InChI=1S/C20H23F3N2O3S/c1-3-4-5-15-7-9-16(10-8-15)25-29(27,28)17-11-6-14(2)18(12-17)19(26)24-13-20(21,22)23/h6-12,25H,3-5,13H2,1-2H3,(H,24,26). The zero-order valence-corrected chi connectivity index (χ0v) is 17.0. The van der Waals surface area contributed by atoms with Crippen LogP contribution in [0.5, 0.6) is 0 Å². The normalized spacial score (nSPS) is 11.9. The van der Waals surface area contributed by atoms with Gasteiger partial charge in [0.25, 0.3) is 15.9 Å². The van der Waals surface area contributed by atoms with Crippen LogP contribution in [0.4, 0.5) is 18.9 Å². The molecule has 0 aliphatic rings. The number of rotatable bonds is 8. The fraction of sp³-hybridized carbons (Fsp3) is 0.350. The second-order valence-corrected chi connectivity index (χ2v) is 8.36. The Morgan fingerprint density at radius 1 is 1.07 bits per heavy atom. The molecule has 0 heterocycles. The monoisotopic (exact) mass is 428 g/mol. The maximum absolute atomic E-state index is 12.6. The molecule has 2 aromatic rings. The van der Waals surface area contributed by atoms with Crippen LogP contribution in [0.15, 0.2) is 47.4 Å². The van der Waals surface area contributed by atoms with Gasteiger partial charge in [0.05, 0.1) is 4.90 Å². The van der Waals surface area contributed by atoms with Crippen LogP contribution in [0.3, 0.4) is 0 Å². The third-order valence-electron chi connectivity index (χ3n) is 4.24. The van der Waals surface area contributed by atoms with Gasteiger partial charge in [-0.05, 0) is 55.2 Å². The Morgan fingerprint density at radius 2 is 1.72 bits per heavy atom. The molecular formula is C20H23F3N2O3S. The van der Waals surface area contributed by atoms with Crippen molar-refractivity contribution in [1.29, 1.82) is 0 Å². The molecule has 9 heteroatoms. The summed E-state index contributed by atoms with van der Waals surface area (Å²) in [5, 5.41) is 1.75. The summed E-state index contributed by atoms with van der Waals surface area (Å²) in [5.41, 5.74) is 1.68. The lowest BCUT2D eigenvalue weighted by Crippen LogP contribution is -2.34. The van der Waals surface area contributed by atoms with E-state index < -0.39 is 28.7 Å². The molecule has 2 N–H and O–H groups in total. The van der Waals surface area contributed by atoms with E-state index in [1.54, 1.807) is 17.4 Å². The summed E-state index contributed by atoms with van der Waals surface area (Å²) in [6, 6.07) is 10.7. The quantitative estimate of drug-likeness (QED) is 0.653. The highest BCUT2D eigenvalue weighted by Gasteiger charge is 2.28. The van der Waals surface area contributed by atoms with Gasteiger partial charge >= 0.3 is 6.18 Å². The highest BCUT2D eigenvalue weighted by Crippen LogP contribution is 2.21. The Morgan fingerprint density at radius 3 is 2.31 bits per heavy atom. The van der Waals surface area contributed by atoms with Crippen molar-refractivity contribution in [1.82, 2.24) is 5.32 Å². The molecule has 29 heavy (non-hydrogen) atoms. The zero-order valence-electron chi connectivity index (χ0n) is 16.1. The predicted molar refractivity (Wildman–Crippen MR) is 105 cm³/mol. The van der Waals surface area contributed by atoms with E-state index in [2.05, 4.69) is 11.6 Å². The van der Waals surface area contributed by atoms with Crippen molar-refractivity contribution in [2.75, 3.05) is 11.3 Å². The van der Waals surface area contributed by atoms with Crippen molar-refractivity contribution in [3.63, 3.8) is 0 Å². The molecule has 0 fully saturated rings. The first kappa shape index (κ1) is 22.7. The first-order chi connectivity index (χ1) is 13.5. The van der Waals surface area contributed by atoms with Crippen LogP contribution in [0.1, 0.15) is 41.3 Å². The maximum atomic E-state index is 12.6. The Kier molecular flexibility index (Phi) is 7.29. The van der Waals surface area contributed by atoms with Gasteiger partial charge < -0.3 is 5.32 Å². The van der Waals surface area contributed by atoms with Gasteiger partial charge in [0.15, 0.2) is 0 Å². The SMILES string of the molecule is CCCCc1ccc(NS(=O)(=O)c2ccc(C)c(C(=O)NCC(F)(F)F)c2)cc1. The van der Waals surface area contributed by atoms with Crippen molar-refractivity contribution < 1.29 is 26.4 Å². The maximum Gasteiger partial charge on any atom is 0.405 e. The molecule has 0 radical (unpaired) electrons. The average molecular weight is 428 g/mol. The van der Waals surface area contributed by atoms with Gasteiger partial charge in [-0.2, -0.15) is 13.2 Å². The van der Waals surface area contributed by atoms with Crippen molar-refractivity contribution in [3.05, 3.63) is 59.2 Å². The molecule has 0 saturated heterocycles. The van der Waals surface area contributed by atoms with E-state index in [1.807, 2.05) is 12.1 Å². The van der Waals surface area contributed by atoms with Crippen LogP contribution in [0, 0.1) is 6.92 Å². The molecule has 0 saturated carbocycles. The Bertz CT molecular complexity index is 956. The highest BCUT2D eigenvalue weighted by molar-refractivity contribution is 7.92. The lowest BCUT2D eigenvalue weighted by Gasteiger charge is -2.13. The highest BCUT2D eigenvalue weighted by atomic mass is 32.2. The van der Waals surface area contributed by atoms with Crippen molar-refractivity contribution in [2.24, 2.45) is 0 Å². The number of alkyl halides is 3. The van der Waals surface area contributed by atoms with Gasteiger partial charge in [0.2, 0.25) is 0 Å². The van der Waals surface area contributed by atoms with Crippen LogP contribution >= 0.6 is 0 Å². The Hall–Kier alpha value is -2.55. The van der Waals surface area contributed by atoms with Crippen LogP contribution in [-0.2, 0) is 16.4 Å². The second kappa shape index (κ2) is 9.30. The van der Waals surface area contributed by atoms with Gasteiger partial charge in [-0.1, -0.05) is 31.5 Å². The van der Waals surface area contributed by atoms with Crippen molar-refractivity contribution in [3.8, 4) is 0 Å². The summed E-state index contributed by atoms with van der Waals surface area (Å²) in [7, 11) is -4.01. The summed E-state index contributed by atoms with van der Waals surface area (Å²) in [6.45, 7) is 2.11. The number of hydrogen-bond acceptors (Lipinski definition) is 3. The minimum atomic E-state index is -4.56. The van der Waals surface area contributed by atoms with E-state index in [9.17, 15) is 26.4 Å². The number of benzene rings is 2. The number of carbonyl (C=O) groups is 1. The molecule has 1 amide bonds. The summed E-state index contributed by atoms with van der Waals surface area (Å²) in [5.74, 6) is -0.989. The number of sulfonamides is 1. The number of aryl methyl sites for hydroxylation is 2. The number of unbranched alkanes of at least 4 members (excludes halogenated alkanes) is 1. The fourth-order valence-electron chi connectivity index (χ4n) is 2.62. The van der Waals surface area contributed by atoms with Gasteiger partial charge in [0.1, 0.15) is 6.54 Å². The molecule has 2 rings (SSSR count). The molecule has 2 aromatic carbocycles. The van der Waals surface area contributed by atoms with Gasteiger partial charge in [-0.3, -0.25) is 9.52 Å². The molecule has 0 aromatic heterocycles. The number of hydrogen-bond donors (Lipinski definition) is 2. The lowest BCUT2D eigenvalue weighted by molar-refractivity contribution is -0.123. The summed E-state index contributed by atoms with van der Waals surface area (Å²) in [4.78, 5) is 11.8.